The van der Waals surface area contributed by atoms with Crippen LogP contribution in [-0.4, -0.2) is 92.0 Å². The first-order valence-electron chi connectivity index (χ1n) is 11.4. The Hall–Kier alpha value is -1.83. The van der Waals surface area contributed by atoms with E-state index in [1.54, 1.807) is 7.11 Å². The summed E-state index contributed by atoms with van der Waals surface area (Å²) in [5.74, 6) is 0.906. The highest BCUT2D eigenvalue weighted by molar-refractivity contribution is 5.82. The number of para-hydroxylation sites is 2. The molecule has 3 aliphatic heterocycles. The minimum absolute atomic E-state index is 0.0184. The number of nitrogens with zero attached hydrogens (tertiary/aromatic N) is 3. The second kappa shape index (κ2) is 9.98. The molecule has 0 aliphatic carbocycles. The number of aliphatic hydroxyl groups is 1. The van der Waals surface area contributed by atoms with Gasteiger partial charge in [0.15, 0.2) is 6.10 Å². The number of carbonyl (C=O) groups is 1. The van der Waals surface area contributed by atoms with Crippen molar-refractivity contribution in [3.05, 3.63) is 24.3 Å². The summed E-state index contributed by atoms with van der Waals surface area (Å²) in [5.41, 5.74) is 1.16. The van der Waals surface area contributed by atoms with Gasteiger partial charge in [-0.25, -0.2) is 0 Å². The number of ether oxygens (including phenoxy) is 2. The number of amides is 1. The van der Waals surface area contributed by atoms with E-state index in [1.165, 1.54) is 0 Å². The summed E-state index contributed by atoms with van der Waals surface area (Å²) in [5, 5.41) is 10.3. The summed E-state index contributed by atoms with van der Waals surface area (Å²) >= 11 is 0. The molecule has 3 aliphatic rings. The summed E-state index contributed by atoms with van der Waals surface area (Å²) in [7, 11) is 1.72. The Kier molecular flexibility index (Phi) is 7.12. The Morgan fingerprint density at radius 1 is 1.10 bits per heavy atom. The van der Waals surface area contributed by atoms with Crippen molar-refractivity contribution in [2.24, 2.45) is 0 Å². The molecule has 1 aromatic carbocycles. The second-order valence-electron chi connectivity index (χ2n) is 8.64. The van der Waals surface area contributed by atoms with Crippen molar-refractivity contribution in [2.75, 3.05) is 57.8 Å². The van der Waals surface area contributed by atoms with E-state index in [1.807, 2.05) is 17.0 Å². The number of carbonyl (C=O) groups excluding carboxylic acids is 1. The van der Waals surface area contributed by atoms with E-state index < -0.39 is 12.2 Å². The smallest absolute Gasteiger partial charge is 0.254 e. The molecule has 30 heavy (non-hydrogen) atoms. The average Bonchev–Trinajstić information content (AvgIpc) is 3.33. The van der Waals surface area contributed by atoms with Crippen LogP contribution in [0.2, 0.25) is 0 Å². The van der Waals surface area contributed by atoms with Gasteiger partial charge in [0.05, 0.1) is 25.0 Å². The largest absolute Gasteiger partial charge is 0.495 e. The van der Waals surface area contributed by atoms with Gasteiger partial charge in [-0.05, 0) is 44.2 Å². The highest BCUT2D eigenvalue weighted by atomic mass is 16.5. The Bertz CT molecular complexity index is 701. The molecule has 1 N–H and O–H groups in total. The topological polar surface area (TPSA) is 65.5 Å². The van der Waals surface area contributed by atoms with Crippen molar-refractivity contribution in [2.45, 2.75) is 50.4 Å². The lowest BCUT2D eigenvalue weighted by Gasteiger charge is -2.38. The molecule has 3 saturated heterocycles. The summed E-state index contributed by atoms with van der Waals surface area (Å²) in [6.07, 6.45) is 3.20. The standard InChI is InChI=1S/C23H35N3O4/c1-29-21-7-3-2-6-19(21)25-16-14-24(15-17-25)13-10-18-8-9-20(27)22(30-18)23(28)26-11-4-5-12-26/h2-3,6-7,18,20,22,27H,4-5,8-17H2,1H3/t18-,20-,22-/m0/s1. The lowest BCUT2D eigenvalue weighted by atomic mass is 9.98. The quantitative estimate of drug-likeness (QED) is 0.761. The van der Waals surface area contributed by atoms with Crippen LogP contribution in [0.3, 0.4) is 0 Å². The first-order valence-corrected chi connectivity index (χ1v) is 11.4. The number of hydrogen-bond donors (Lipinski definition) is 1. The number of benzene rings is 1. The van der Waals surface area contributed by atoms with E-state index in [0.29, 0.717) is 6.42 Å². The third kappa shape index (κ3) is 4.90. The molecule has 0 spiro atoms. The number of rotatable bonds is 6. The molecule has 3 fully saturated rings. The fourth-order valence-corrected chi connectivity index (χ4v) is 4.86. The summed E-state index contributed by atoms with van der Waals surface area (Å²) in [4.78, 5) is 19.4. The first-order chi connectivity index (χ1) is 14.7. The molecule has 0 saturated carbocycles. The number of methoxy groups -OCH3 is 1. The monoisotopic (exact) mass is 417 g/mol. The Morgan fingerprint density at radius 3 is 2.57 bits per heavy atom. The summed E-state index contributed by atoms with van der Waals surface area (Å²) < 4.78 is 11.6. The summed E-state index contributed by atoms with van der Waals surface area (Å²) in [6.45, 7) is 6.51. The maximum Gasteiger partial charge on any atom is 0.254 e. The van der Waals surface area contributed by atoms with Crippen molar-refractivity contribution < 1.29 is 19.4 Å². The molecule has 166 valence electrons. The minimum Gasteiger partial charge on any atom is -0.495 e. The molecular weight excluding hydrogens is 382 g/mol. The minimum atomic E-state index is -0.677. The van der Waals surface area contributed by atoms with E-state index in [2.05, 4.69) is 21.9 Å². The molecule has 4 rings (SSSR count). The molecule has 0 unspecified atom stereocenters. The molecular formula is C23H35N3O4. The molecule has 1 aromatic rings. The number of anilines is 1. The lowest BCUT2D eigenvalue weighted by molar-refractivity contribution is -0.167. The molecule has 0 radical (unpaired) electrons. The van der Waals surface area contributed by atoms with Crippen LogP contribution in [-0.2, 0) is 9.53 Å². The number of aliphatic hydroxyl groups excluding tert-OH is 1. The van der Waals surface area contributed by atoms with E-state index in [-0.39, 0.29) is 12.0 Å². The second-order valence-corrected chi connectivity index (χ2v) is 8.64. The van der Waals surface area contributed by atoms with Gasteiger partial charge < -0.3 is 24.4 Å². The van der Waals surface area contributed by atoms with Crippen LogP contribution in [0.1, 0.15) is 32.1 Å². The zero-order valence-corrected chi connectivity index (χ0v) is 18.0. The van der Waals surface area contributed by atoms with Crippen LogP contribution in [0.25, 0.3) is 0 Å². The Morgan fingerprint density at radius 2 is 1.83 bits per heavy atom. The molecule has 0 bridgehead atoms. The van der Waals surface area contributed by atoms with Crippen molar-refractivity contribution in [1.82, 2.24) is 9.80 Å². The molecule has 7 heteroatoms. The van der Waals surface area contributed by atoms with Crippen molar-refractivity contribution in [1.29, 1.82) is 0 Å². The fraction of sp³-hybridized carbons (Fsp3) is 0.696. The van der Waals surface area contributed by atoms with Gasteiger partial charge in [-0.3, -0.25) is 9.69 Å². The van der Waals surface area contributed by atoms with Crippen molar-refractivity contribution in [3.8, 4) is 5.75 Å². The van der Waals surface area contributed by atoms with Gasteiger partial charge in [-0.2, -0.15) is 0 Å². The maximum absolute atomic E-state index is 12.7. The van der Waals surface area contributed by atoms with Gasteiger partial charge in [0.2, 0.25) is 0 Å². The first kappa shape index (κ1) is 21.4. The Labute approximate surface area is 179 Å². The van der Waals surface area contributed by atoms with Crippen molar-refractivity contribution in [3.63, 3.8) is 0 Å². The highest BCUT2D eigenvalue weighted by Crippen LogP contribution is 2.29. The number of piperazine rings is 1. The summed E-state index contributed by atoms with van der Waals surface area (Å²) in [6, 6.07) is 8.18. The van der Waals surface area contributed by atoms with Crippen molar-refractivity contribution >= 4 is 11.6 Å². The van der Waals surface area contributed by atoms with E-state index in [0.717, 1.165) is 82.9 Å². The third-order valence-corrected chi connectivity index (χ3v) is 6.70. The van der Waals surface area contributed by atoms with Gasteiger partial charge in [0.25, 0.3) is 5.91 Å². The zero-order chi connectivity index (χ0) is 20.9. The molecule has 7 nitrogen and oxygen atoms in total. The predicted octanol–water partition coefficient (Wildman–Crippen LogP) is 1.74. The van der Waals surface area contributed by atoms with Gasteiger partial charge >= 0.3 is 0 Å². The molecule has 3 atom stereocenters. The number of hydrogen-bond acceptors (Lipinski definition) is 6. The van der Waals surface area contributed by atoms with Gasteiger partial charge in [-0.15, -0.1) is 0 Å². The van der Waals surface area contributed by atoms with E-state index >= 15 is 0 Å². The van der Waals surface area contributed by atoms with Gasteiger partial charge in [0.1, 0.15) is 5.75 Å². The van der Waals surface area contributed by atoms with Crippen LogP contribution in [0.4, 0.5) is 5.69 Å². The highest BCUT2D eigenvalue weighted by Gasteiger charge is 2.38. The SMILES string of the molecule is COc1ccccc1N1CCN(CC[C@@H]2CC[C@H](O)[C@@H](C(=O)N3CCCC3)O2)CC1. The molecule has 3 heterocycles. The normalized spacial score (nSPS) is 28.0. The van der Waals surface area contributed by atoms with Crippen LogP contribution in [0.15, 0.2) is 24.3 Å². The Balaban J connectivity index is 1.24. The average molecular weight is 418 g/mol. The third-order valence-electron chi connectivity index (χ3n) is 6.70. The lowest BCUT2D eigenvalue weighted by Crippen LogP contribution is -2.51. The van der Waals surface area contributed by atoms with E-state index in [9.17, 15) is 9.90 Å². The van der Waals surface area contributed by atoms with Gasteiger partial charge in [0, 0.05) is 45.8 Å². The predicted molar refractivity (Wildman–Crippen MR) is 116 cm³/mol. The van der Waals surface area contributed by atoms with Gasteiger partial charge in [-0.1, -0.05) is 12.1 Å². The zero-order valence-electron chi connectivity index (χ0n) is 18.0. The van der Waals surface area contributed by atoms with Crippen LogP contribution >= 0.6 is 0 Å². The fourth-order valence-electron chi connectivity index (χ4n) is 4.86. The molecule has 0 aromatic heterocycles. The van der Waals surface area contributed by atoms with Crippen LogP contribution in [0, 0.1) is 0 Å². The molecule has 1 amide bonds. The van der Waals surface area contributed by atoms with Crippen LogP contribution < -0.4 is 9.64 Å². The maximum atomic E-state index is 12.7. The van der Waals surface area contributed by atoms with Crippen LogP contribution in [0.5, 0.6) is 5.75 Å². The number of likely N-dealkylation sites (tertiary alicyclic amines) is 1. The van der Waals surface area contributed by atoms with E-state index in [4.69, 9.17) is 9.47 Å².